The molecular formula is C11H16O. The van der Waals surface area contributed by atoms with Crippen molar-refractivity contribution in [3.63, 3.8) is 0 Å². The molecule has 0 amide bonds. The van der Waals surface area contributed by atoms with Gasteiger partial charge in [-0.2, -0.15) is 0 Å². The third-order valence-electron chi connectivity index (χ3n) is 3.02. The normalized spacial score (nSPS) is 38.5. The summed E-state index contributed by atoms with van der Waals surface area (Å²) in [6, 6.07) is 0. The van der Waals surface area contributed by atoms with Gasteiger partial charge in [0.15, 0.2) is 5.78 Å². The predicted octanol–water partition coefficient (Wildman–Crippen LogP) is 2.71. The highest BCUT2D eigenvalue weighted by Gasteiger charge is 2.40. The van der Waals surface area contributed by atoms with Gasteiger partial charge in [-0.1, -0.05) is 18.9 Å². The van der Waals surface area contributed by atoms with Gasteiger partial charge in [0, 0.05) is 5.92 Å². The van der Waals surface area contributed by atoms with Crippen molar-refractivity contribution in [1.82, 2.24) is 0 Å². The maximum atomic E-state index is 11.4. The van der Waals surface area contributed by atoms with Crippen LogP contribution < -0.4 is 0 Å². The number of fused-ring (bicyclic) bond motifs is 1. The highest BCUT2D eigenvalue weighted by Crippen LogP contribution is 2.43. The molecule has 0 aromatic heterocycles. The Hall–Kier alpha value is -0.590. The van der Waals surface area contributed by atoms with Crippen LogP contribution in [-0.4, -0.2) is 5.78 Å². The number of rotatable bonds is 0. The summed E-state index contributed by atoms with van der Waals surface area (Å²) in [4.78, 5) is 11.4. The van der Waals surface area contributed by atoms with Crippen molar-refractivity contribution in [1.29, 1.82) is 0 Å². The van der Waals surface area contributed by atoms with Crippen LogP contribution in [0.25, 0.3) is 0 Å². The van der Waals surface area contributed by atoms with Crippen molar-refractivity contribution in [2.75, 3.05) is 0 Å². The van der Waals surface area contributed by atoms with Gasteiger partial charge in [-0.25, -0.2) is 0 Å². The molecule has 0 radical (unpaired) electrons. The zero-order valence-corrected chi connectivity index (χ0v) is 7.46. The average Bonchev–Trinajstić information content (AvgIpc) is 2.82. The molecule has 0 heterocycles. The average molecular weight is 164 g/mol. The van der Waals surface area contributed by atoms with Crippen LogP contribution in [0.3, 0.4) is 0 Å². The second kappa shape index (κ2) is 3.42. The van der Waals surface area contributed by atoms with Crippen LogP contribution in [0.5, 0.6) is 0 Å². The summed E-state index contributed by atoms with van der Waals surface area (Å²) in [5, 5.41) is 0. The molecule has 1 nitrogen and oxygen atoms in total. The van der Waals surface area contributed by atoms with E-state index in [2.05, 4.69) is 6.08 Å². The molecule has 1 heteroatoms. The van der Waals surface area contributed by atoms with Crippen molar-refractivity contribution in [3.05, 3.63) is 12.2 Å². The number of ketones is 1. The van der Waals surface area contributed by atoms with E-state index in [1.54, 1.807) is 0 Å². The molecule has 0 unspecified atom stereocenters. The largest absolute Gasteiger partial charge is 0.295 e. The third kappa shape index (κ3) is 1.77. The van der Waals surface area contributed by atoms with Gasteiger partial charge in [0.05, 0.1) is 0 Å². The van der Waals surface area contributed by atoms with E-state index >= 15 is 0 Å². The quantitative estimate of drug-likeness (QED) is 0.538. The molecule has 0 saturated heterocycles. The highest BCUT2D eigenvalue weighted by molar-refractivity contribution is 5.93. The first kappa shape index (κ1) is 8.03. The van der Waals surface area contributed by atoms with E-state index in [0.29, 0.717) is 11.7 Å². The first-order valence-electron chi connectivity index (χ1n) is 5.08. The first-order chi connectivity index (χ1) is 5.88. The molecule has 66 valence electrons. The predicted molar refractivity (Wildman–Crippen MR) is 48.8 cm³/mol. The lowest BCUT2D eigenvalue weighted by Gasteiger charge is -2.00. The molecule has 0 aliphatic heterocycles. The van der Waals surface area contributed by atoms with Crippen LogP contribution in [0.2, 0.25) is 0 Å². The summed E-state index contributed by atoms with van der Waals surface area (Å²) >= 11 is 0. The van der Waals surface area contributed by atoms with Gasteiger partial charge in [0.1, 0.15) is 0 Å². The fourth-order valence-corrected chi connectivity index (χ4v) is 2.08. The summed E-state index contributed by atoms with van der Waals surface area (Å²) in [7, 11) is 0. The van der Waals surface area contributed by atoms with Crippen LogP contribution in [0.4, 0.5) is 0 Å². The Kier molecular flexibility index (Phi) is 2.29. The van der Waals surface area contributed by atoms with E-state index in [1.807, 2.05) is 6.08 Å². The minimum absolute atomic E-state index is 0.391. The topological polar surface area (TPSA) is 17.1 Å². The molecular weight excluding hydrogens is 148 g/mol. The van der Waals surface area contributed by atoms with Crippen LogP contribution in [0.15, 0.2) is 12.2 Å². The Morgan fingerprint density at radius 3 is 3.08 bits per heavy atom. The zero-order valence-electron chi connectivity index (χ0n) is 7.46. The molecule has 0 N–H and O–H groups in total. The van der Waals surface area contributed by atoms with Crippen molar-refractivity contribution < 1.29 is 4.79 Å². The Morgan fingerprint density at radius 2 is 2.17 bits per heavy atom. The third-order valence-corrected chi connectivity index (χ3v) is 3.02. The maximum Gasteiger partial charge on any atom is 0.158 e. The van der Waals surface area contributed by atoms with Crippen molar-refractivity contribution in [2.24, 2.45) is 11.8 Å². The van der Waals surface area contributed by atoms with Gasteiger partial charge >= 0.3 is 0 Å². The molecule has 0 aromatic rings. The monoisotopic (exact) mass is 164 g/mol. The molecule has 12 heavy (non-hydrogen) atoms. The first-order valence-corrected chi connectivity index (χ1v) is 5.08. The second-order valence-electron chi connectivity index (χ2n) is 4.05. The van der Waals surface area contributed by atoms with Crippen LogP contribution in [0.1, 0.15) is 38.5 Å². The maximum absolute atomic E-state index is 11.4. The minimum atomic E-state index is 0.391. The van der Waals surface area contributed by atoms with E-state index < -0.39 is 0 Å². The number of carbonyl (C=O) groups is 1. The lowest BCUT2D eigenvalue weighted by atomic mass is 10.0. The molecule has 2 atom stereocenters. The van der Waals surface area contributed by atoms with E-state index in [-0.39, 0.29) is 0 Å². The Labute approximate surface area is 73.8 Å². The molecule has 0 spiro atoms. The van der Waals surface area contributed by atoms with Gasteiger partial charge in [-0.05, 0) is 37.7 Å². The van der Waals surface area contributed by atoms with E-state index in [4.69, 9.17) is 0 Å². The van der Waals surface area contributed by atoms with Crippen LogP contribution in [0, 0.1) is 11.8 Å². The second-order valence-corrected chi connectivity index (χ2v) is 4.05. The molecule has 1 saturated carbocycles. The molecule has 1 fully saturated rings. The molecule has 2 rings (SSSR count). The number of hydrogen-bond acceptors (Lipinski definition) is 1. The fraction of sp³-hybridized carbons (Fsp3) is 0.727. The number of allylic oxidation sites excluding steroid dienone is 2. The van der Waals surface area contributed by atoms with Gasteiger partial charge in [-0.15, -0.1) is 0 Å². The zero-order chi connectivity index (χ0) is 8.39. The molecule has 2 aliphatic rings. The number of carbonyl (C=O) groups excluding carboxylic acids is 1. The summed E-state index contributed by atoms with van der Waals surface area (Å²) in [6.07, 6.45) is 11.4. The van der Waals surface area contributed by atoms with Gasteiger partial charge in [-0.3, -0.25) is 4.79 Å². The van der Waals surface area contributed by atoms with E-state index in [9.17, 15) is 4.79 Å². The van der Waals surface area contributed by atoms with Crippen LogP contribution >= 0.6 is 0 Å². The lowest BCUT2D eigenvalue weighted by Crippen LogP contribution is -1.98. The summed E-state index contributed by atoms with van der Waals surface area (Å²) < 4.78 is 0. The van der Waals surface area contributed by atoms with Gasteiger partial charge in [0.2, 0.25) is 0 Å². The number of hydrogen-bond donors (Lipinski definition) is 0. The summed E-state index contributed by atoms with van der Waals surface area (Å²) in [6.45, 7) is 0. The smallest absolute Gasteiger partial charge is 0.158 e. The van der Waals surface area contributed by atoms with Crippen LogP contribution in [-0.2, 0) is 4.79 Å². The van der Waals surface area contributed by atoms with Crippen molar-refractivity contribution in [3.8, 4) is 0 Å². The molecule has 0 aromatic carbocycles. The molecule has 0 bridgehead atoms. The summed E-state index contributed by atoms with van der Waals surface area (Å²) in [5.41, 5.74) is 0. The van der Waals surface area contributed by atoms with Gasteiger partial charge in [0.25, 0.3) is 0 Å². The van der Waals surface area contributed by atoms with Crippen molar-refractivity contribution >= 4 is 5.78 Å². The Balaban J connectivity index is 1.95. The fourth-order valence-electron chi connectivity index (χ4n) is 2.08. The van der Waals surface area contributed by atoms with E-state index in [1.165, 1.54) is 32.1 Å². The Bertz CT molecular complexity index is 205. The lowest BCUT2D eigenvalue weighted by molar-refractivity contribution is -0.116. The SMILES string of the molecule is O=C1/C=C/CCCCC[C@@H]2C[C@@H]12. The minimum Gasteiger partial charge on any atom is -0.295 e. The summed E-state index contributed by atoms with van der Waals surface area (Å²) in [5.74, 6) is 1.56. The standard InChI is InChI=1S/C11H16O/c12-11-7-5-3-1-2-4-6-9-8-10(9)11/h5,7,9-10H,1-4,6,8H2/b7-5+/t9-,10-/m1/s1. The van der Waals surface area contributed by atoms with Gasteiger partial charge < -0.3 is 0 Å². The van der Waals surface area contributed by atoms with Crippen molar-refractivity contribution in [2.45, 2.75) is 38.5 Å². The Morgan fingerprint density at radius 1 is 1.25 bits per heavy atom. The molecule has 2 aliphatic carbocycles. The highest BCUT2D eigenvalue weighted by atomic mass is 16.1. The van der Waals surface area contributed by atoms with E-state index in [0.717, 1.165) is 12.3 Å².